The number of aromatic nitrogens is 1. The van der Waals surface area contributed by atoms with E-state index in [0.717, 1.165) is 16.5 Å². The molecule has 0 atom stereocenters. The molecule has 4 aromatic rings. The van der Waals surface area contributed by atoms with Crippen molar-refractivity contribution in [3.63, 3.8) is 0 Å². The zero-order valence-corrected chi connectivity index (χ0v) is 15.7. The van der Waals surface area contributed by atoms with Crippen LogP contribution >= 0.6 is 11.3 Å². The Morgan fingerprint density at radius 2 is 1.89 bits per heavy atom. The fourth-order valence-corrected chi connectivity index (χ4v) is 3.55. The van der Waals surface area contributed by atoms with E-state index in [-0.39, 0.29) is 24.9 Å². The van der Waals surface area contributed by atoms with Gasteiger partial charge in [0.15, 0.2) is 0 Å². The number of carbonyl (C=O) groups is 1. The quantitative estimate of drug-likeness (QED) is 0.505. The summed E-state index contributed by atoms with van der Waals surface area (Å²) in [5.74, 6) is 0.163. The minimum Gasteiger partial charge on any atom is -0.486 e. The fraction of sp³-hybridized carbons (Fsp3) is 0.0909. The molecule has 0 aliphatic carbocycles. The third kappa shape index (κ3) is 4.18. The number of carbonyl (C=O) groups excluding carboxylic acids is 1. The van der Waals surface area contributed by atoms with E-state index in [1.54, 1.807) is 17.5 Å². The van der Waals surface area contributed by atoms with Crippen molar-refractivity contribution in [1.82, 2.24) is 10.3 Å². The maximum atomic E-state index is 13.2. The molecule has 1 N–H and O–H groups in total. The van der Waals surface area contributed by atoms with Gasteiger partial charge in [-0.05, 0) is 29.1 Å². The Labute approximate surface area is 165 Å². The van der Waals surface area contributed by atoms with Crippen molar-refractivity contribution in [2.75, 3.05) is 0 Å². The van der Waals surface area contributed by atoms with Crippen molar-refractivity contribution in [2.24, 2.45) is 0 Å². The second kappa shape index (κ2) is 8.19. The lowest BCUT2D eigenvalue weighted by Crippen LogP contribution is -2.23. The van der Waals surface area contributed by atoms with Gasteiger partial charge in [-0.3, -0.25) is 4.79 Å². The Kier molecular flexibility index (Phi) is 5.30. The molecule has 6 heteroatoms. The summed E-state index contributed by atoms with van der Waals surface area (Å²) in [6.45, 7) is 0.534. The summed E-state index contributed by atoms with van der Waals surface area (Å²) < 4.78 is 19.1. The second-order valence-corrected chi connectivity index (χ2v) is 7.15. The van der Waals surface area contributed by atoms with Crippen molar-refractivity contribution in [1.29, 1.82) is 0 Å². The van der Waals surface area contributed by atoms with Gasteiger partial charge in [-0.2, -0.15) is 0 Å². The first-order valence-electron chi connectivity index (χ1n) is 8.77. The number of nitrogens with zero attached hydrogens (tertiary/aromatic N) is 1. The summed E-state index contributed by atoms with van der Waals surface area (Å²) in [7, 11) is 0. The van der Waals surface area contributed by atoms with Crippen LogP contribution in [0.25, 0.3) is 10.8 Å². The molecule has 0 aliphatic heterocycles. The summed E-state index contributed by atoms with van der Waals surface area (Å²) >= 11 is 1.37. The van der Waals surface area contributed by atoms with Crippen molar-refractivity contribution in [2.45, 2.75) is 13.2 Å². The maximum Gasteiger partial charge on any atom is 0.271 e. The number of halogens is 1. The number of hydrogen-bond acceptors (Lipinski definition) is 4. The van der Waals surface area contributed by atoms with Crippen molar-refractivity contribution < 1.29 is 13.9 Å². The van der Waals surface area contributed by atoms with Crippen LogP contribution < -0.4 is 10.1 Å². The van der Waals surface area contributed by atoms with E-state index in [1.807, 2.05) is 42.5 Å². The van der Waals surface area contributed by atoms with Crippen LogP contribution in [0.4, 0.5) is 4.39 Å². The van der Waals surface area contributed by atoms with Gasteiger partial charge in [0.2, 0.25) is 0 Å². The van der Waals surface area contributed by atoms with E-state index in [1.165, 1.54) is 23.5 Å². The van der Waals surface area contributed by atoms with Crippen molar-refractivity contribution in [3.8, 4) is 5.75 Å². The zero-order chi connectivity index (χ0) is 19.3. The molecule has 0 saturated heterocycles. The highest BCUT2D eigenvalue weighted by molar-refractivity contribution is 7.09. The topological polar surface area (TPSA) is 51.2 Å². The molecule has 3 aromatic carbocycles. The molecule has 0 bridgehead atoms. The lowest BCUT2D eigenvalue weighted by Gasteiger charge is -2.07. The number of nitrogens with one attached hydrogen (secondary N) is 1. The normalized spacial score (nSPS) is 10.8. The van der Waals surface area contributed by atoms with Crippen LogP contribution in [-0.4, -0.2) is 10.9 Å². The fourth-order valence-electron chi connectivity index (χ4n) is 2.86. The smallest absolute Gasteiger partial charge is 0.271 e. The Hall–Kier alpha value is -3.25. The predicted molar refractivity (Wildman–Crippen MR) is 108 cm³/mol. The van der Waals surface area contributed by atoms with E-state index in [4.69, 9.17) is 4.74 Å². The molecule has 1 heterocycles. The Morgan fingerprint density at radius 1 is 1.07 bits per heavy atom. The highest BCUT2D eigenvalue weighted by Crippen LogP contribution is 2.26. The van der Waals surface area contributed by atoms with Crippen LogP contribution in [-0.2, 0) is 13.2 Å². The first-order valence-corrected chi connectivity index (χ1v) is 9.64. The molecular weight excluding hydrogens is 375 g/mol. The summed E-state index contributed by atoms with van der Waals surface area (Å²) in [5, 5.41) is 7.31. The first-order chi connectivity index (χ1) is 13.7. The van der Waals surface area contributed by atoms with E-state index in [2.05, 4.69) is 10.3 Å². The van der Waals surface area contributed by atoms with Crippen LogP contribution in [0, 0.1) is 5.82 Å². The number of rotatable bonds is 6. The van der Waals surface area contributed by atoms with Gasteiger partial charge in [0.1, 0.15) is 28.9 Å². The first kappa shape index (κ1) is 18.1. The molecule has 0 unspecified atom stereocenters. The van der Waals surface area contributed by atoms with Crippen molar-refractivity contribution in [3.05, 3.63) is 94.2 Å². The van der Waals surface area contributed by atoms with E-state index >= 15 is 0 Å². The van der Waals surface area contributed by atoms with Gasteiger partial charge in [0.05, 0.1) is 0 Å². The molecule has 0 aliphatic rings. The molecular formula is C22H17FN2O2S. The zero-order valence-electron chi connectivity index (χ0n) is 14.9. The number of benzene rings is 3. The summed E-state index contributed by atoms with van der Waals surface area (Å²) in [5.41, 5.74) is 1.03. The van der Waals surface area contributed by atoms with Crippen LogP contribution in [0.3, 0.4) is 0 Å². The molecule has 0 fully saturated rings. The van der Waals surface area contributed by atoms with Gasteiger partial charge in [-0.1, -0.05) is 48.5 Å². The van der Waals surface area contributed by atoms with Gasteiger partial charge >= 0.3 is 0 Å². The average molecular weight is 392 g/mol. The number of fused-ring (bicyclic) bond motifs is 1. The van der Waals surface area contributed by atoms with E-state index in [0.29, 0.717) is 16.3 Å². The van der Waals surface area contributed by atoms with Crippen molar-refractivity contribution >= 4 is 28.0 Å². The van der Waals surface area contributed by atoms with Crippen LogP contribution in [0.1, 0.15) is 21.1 Å². The summed E-state index contributed by atoms with van der Waals surface area (Å²) in [4.78, 5) is 16.6. The van der Waals surface area contributed by atoms with Crippen LogP contribution in [0.5, 0.6) is 5.75 Å². The molecule has 0 radical (unpaired) electrons. The highest BCUT2D eigenvalue weighted by Gasteiger charge is 2.11. The van der Waals surface area contributed by atoms with Gasteiger partial charge < -0.3 is 10.1 Å². The summed E-state index contributed by atoms with van der Waals surface area (Å²) in [6, 6.07) is 20.0. The molecule has 0 spiro atoms. The van der Waals surface area contributed by atoms with Crippen LogP contribution in [0.2, 0.25) is 0 Å². The minimum atomic E-state index is -0.326. The Morgan fingerprint density at radius 3 is 2.79 bits per heavy atom. The molecule has 4 rings (SSSR count). The average Bonchev–Trinajstić information content (AvgIpc) is 3.20. The lowest BCUT2D eigenvalue weighted by atomic mass is 10.1. The van der Waals surface area contributed by atoms with Gasteiger partial charge in [0.25, 0.3) is 5.91 Å². The molecule has 0 saturated carbocycles. The van der Waals surface area contributed by atoms with E-state index in [9.17, 15) is 9.18 Å². The van der Waals surface area contributed by atoms with Crippen LogP contribution in [0.15, 0.2) is 72.1 Å². The monoisotopic (exact) mass is 392 g/mol. The number of hydrogen-bond donors (Lipinski definition) is 1. The number of ether oxygens (including phenoxy) is 1. The molecule has 28 heavy (non-hydrogen) atoms. The molecule has 140 valence electrons. The Bertz CT molecular complexity index is 1120. The predicted octanol–water partition coefficient (Wildman–Crippen LogP) is 4.94. The Balaban J connectivity index is 1.38. The van der Waals surface area contributed by atoms with Gasteiger partial charge in [-0.25, -0.2) is 9.37 Å². The molecule has 1 aromatic heterocycles. The third-order valence-corrected chi connectivity index (χ3v) is 5.05. The minimum absolute atomic E-state index is 0.246. The SMILES string of the molecule is O=C(NCc1cccc(F)c1)c1csc(COc2cccc3ccccc23)n1. The number of amides is 1. The second-order valence-electron chi connectivity index (χ2n) is 6.21. The summed E-state index contributed by atoms with van der Waals surface area (Å²) in [6.07, 6.45) is 0. The molecule has 1 amide bonds. The maximum absolute atomic E-state index is 13.2. The van der Waals surface area contributed by atoms with E-state index < -0.39 is 0 Å². The van der Waals surface area contributed by atoms with Gasteiger partial charge in [-0.15, -0.1) is 11.3 Å². The standard InChI is InChI=1S/C22H17FN2O2S/c23-17-8-3-5-15(11-17)12-24-22(26)19-14-28-21(25-19)13-27-20-10-4-7-16-6-1-2-9-18(16)20/h1-11,14H,12-13H2,(H,24,26). The largest absolute Gasteiger partial charge is 0.486 e. The third-order valence-electron chi connectivity index (χ3n) is 4.23. The lowest BCUT2D eigenvalue weighted by molar-refractivity contribution is 0.0946. The van der Waals surface area contributed by atoms with Gasteiger partial charge in [0, 0.05) is 17.3 Å². The number of thiazole rings is 1. The molecule has 4 nitrogen and oxygen atoms in total. The highest BCUT2D eigenvalue weighted by atomic mass is 32.1.